The first-order chi connectivity index (χ1) is 15.9. The van der Waals surface area contributed by atoms with Crippen LogP contribution in [0.1, 0.15) is 21.5 Å². The van der Waals surface area contributed by atoms with Crippen LogP contribution in [0.15, 0.2) is 90.3 Å². The van der Waals surface area contributed by atoms with Gasteiger partial charge in [0.1, 0.15) is 0 Å². The molecule has 0 aliphatic heterocycles. The predicted octanol–water partition coefficient (Wildman–Crippen LogP) is 5.24. The molecule has 0 spiro atoms. The minimum absolute atomic E-state index is 0.0495. The molecule has 1 amide bonds. The van der Waals surface area contributed by atoms with Crippen molar-refractivity contribution in [3.8, 4) is 11.3 Å². The van der Waals surface area contributed by atoms with Crippen LogP contribution in [0, 0.1) is 0 Å². The SMILES string of the molecule is CS(=O)(=O)Cc1ccc(C(=O)N(CCc2ccccc2)c2nc(-c3ccccc3)cs2)cc1. The highest BCUT2D eigenvalue weighted by molar-refractivity contribution is 7.89. The number of hydrogen-bond acceptors (Lipinski definition) is 5. The molecule has 4 rings (SSSR count). The van der Waals surface area contributed by atoms with Gasteiger partial charge in [0.05, 0.1) is 11.4 Å². The van der Waals surface area contributed by atoms with Gasteiger partial charge in [-0.1, -0.05) is 72.8 Å². The fourth-order valence-electron chi connectivity index (χ4n) is 3.50. The Bertz CT molecular complexity index is 1320. The molecule has 0 unspecified atom stereocenters. The second kappa shape index (κ2) is 10.1. The van der Waals surface area contributed by atoms with Gasteiger partial charge in [-0.3, -0.25) is 9.69 Å². The number of hydrogen-bond donors (Lipinski definition) is 0. The Morgan fingerprint density at radius 2 is 1.52 bits per heavy atom. The van der Waals surface area contributed by atoms with Gasteiger partial charge in [-0.25, -0.2) is 13.4 Å². The highest BCUT2D eigenvalue weighted by atomic mass is 32.2. The van der Waals surface area contributed by atoms with Gasteiger partial charge in [-0.15, -0.1) is 11.3 Å². The van der Waals surface area contributed by atoms with Gasteiger partial charge in [-0.2, -0.15) is 0 Å². The number of carbonyl (C=O) groups is 1. The molecule has 3 aromatic carbocycles. The van der Waals surface area contributed by atoms with Crippen molar-refractivity contribution in [3.05, 3.63) is 107 Å². The Morgan fingerprint density at radius 1 is 0.879 bits per heavy atom. The number of amides is 1. The summed E-state index contributed by atoms with van der Waals surface area (Å²) < 4.78 is 23.1. The number of thiazole rings is 1. The molecule has 1 heterocycles. The van der Waals surface area contributed by atoms with Gasteiger partial charge in [0.15, 0.2) is 15.0 Å². The zero-order valence-corrected chi connectivity index (χ0v) is 19.9. The average molecular weight is 477 g/mol. The summed E-state index contributed by atoms with van der Waals surface area (Å²) in [5, 5.41) is 2.60. The minimum atomic E-state index is -3.14. The van der Waals surface area contributed by atoms with Crippen LogP contribution < -0.4 is 4.90 Å². The lowest BCUT2D eigenvalue weighted by Crippen LogP contribution is -2.33. The van der Waals surface area contributed by atoms with Gasteiger partial charge in [0.2, 0.25) is 0 Å². The molecular formula is C26H24N2O3S2. The highest BCUT2D eigenvalue weighted by Gasteiger charge is 2.21. The molecule has 168 valence electrons. The van der Waals surface area contributed by atoms with Crippen LogP contribution in [0.25, 0.3) is 11.3 Å². The van der Waals surface area contributed by atoms with Crippen molar-refractivity contribution in [1.29, 1.82) is 0 Å². The number of benzene rings is 3. The Kier molecular flexibility index (Phi) is 7.01. The van der Waals surface area contributed by atoms with E-state index >= 15 is 0 Å². The third-order valence-corrected chi connectivity index (χ3v) is 6.86. The maximum atomic E-state index is 13.5. The number of nitrogens with zero attached hydrogens (tertiary/aromatic N) is 2. The molecule has 0 N–H and O–H groups in total. The van der Waals surface area contributed by atoms with E-state index < -0.39 is 9.84 Å². The van der Waals surface area contributed by atoms with Crippen molar-refractivity contribution in [3.63, 3.8) is 0 Å². The summed E-state index contributed by atoms with van der Waals surface area (Å²) in [7, 11) is -3.14. The van der Waals surface area contributed by atoms with E-state index in [4.69, 9.17) is 4.98 Å². The van der Waals surface area contributed by atoms with Crippen LogP contribution in [-0.4, -0.2) is 32.1 Å². The molecule has 0 saturated heterocycles. The maximum Gasteiger partial charge on any atom is 0.260 e. The summed E-state index contributed by atoms with van der Waals surface area (Å²) in [5.74, 6) is -0.211. The third-order valence-electron chi connectivity index (χ3n) is 5.13. The van der Waals surface area contributed by atoms with Crippen molar-refractivity contribution < 1.29 is 13.2 Å². The molecular weight excluding hydrogens is 452 g/mol. The molecule has 5 nitrogen and oxygen atoms in total. The van der Waals surface area contributed by atoms with Gasteiger partial charge < -0.3 is 0 Å². The fraction of sp³-hybridized carbons (Fsp3) is 0.154. The molecule has 0 bridgehead atoms. The first-order valence-corrected chi connectivity index (χ1v) is 13.5. The summed E-state index contributed by atoms with van der Waals surface area (Å²) in [6, 6.07) is 26.7. The topological polar surface area (TPSA) is 67.3 Å². The standard InChI is InChI=1S/C26H24N2O3S2/c1-33(30,31)19-21-12-14-23(15-13-21)25(29)28(17-16-20-8-4-2-5-9-20)26-27-24(18-32-26)22-10-6-3-7-11-22/h2-15,18H,16-17,19H2,1H3. The lowest BCUT2D eigenvalue weighted by Gasteiger charge is -2.20. The van der Waals surface area contributed by atoms with Crippen molar-refractivity contribution in [2.75, 3.05) is 17.7 Å². The average Bonchev–Trinajstić information content (AvgIpc) is 3.30. The summed E-state index contributed by atoms with van der Waals surface area (Å²) in [6.45, 7) is 0.482. The predicted molar refractivity (Wildman–Crippen MR) is 134 cm³/mol. The smallest absolute Gasteiger partial charge is 0.260 e. The molecule has 7 heteroatoms. The monoisotopic (exact) mass is 476 g/mol. The van der Waals surface area contributed by atoms with Gasteiger partial charge in [0.25, 0.3) is 5.91 Å². The zero-order chi connectivity index (χ0) is 23.3. The summed E-state index contributed by atoms with van der Waals surface area (Å²) in [5.41, 5.74) is 4.12. The highest BCUT2D eigenvalue weighted by Crippen LogP contribution is 2.28. The Balaban J connectivity index is 1.61. The van der Waals surface area contributed by atoms with Crippen LogP contribution in [0.4, 0.5) is 5.13 Å². The van der Waals surface area contributed by atoms with Gasteiger partial charge in [-0.05, 0) is 29.7 Å². The zero-order valence-electron chi connectivity index (χ0n) is 18.2. The Morgan fingerprint density at radius 3 is 2.15 bits per heavy atom. The molecule has 0 aliphatic carbocycles. The van der Waals surface area contributed by atoms with Gasteiger partial charge >= 0.3 is 0 Å². The number of rotatable bonds is 8. The second-order valence-corrected chi connectivity index (χ2v) is 10.8. The molecule has 0 saturated carbocycles. The van der Waals surface area contributed by atoms with E-state index in [-0.39, 0.29) is 11.7 Å². The van der Waals surface area contributed by atoms with Crippen LogP contribution in [-0.2, 0) is 22.0 Å². The number of sulfone groups is 1. The van der Waals surface area contributed by atoms with E-state index in [0.29, 0.717) is 29.2 Å². The van der Waals surface area contributed by atoms with Crippen LogP contribution in [0.2, 0.25) is 0 Å². The second-order valence-electron chi connectivity index (χ2n) is 7.84. The van der Waals surface area contributed by atoms with E-state index in [9.17, 15) is 13.2 Å². The van der Waals surface area contributed by atoms with Crippen molar-refractivity contribution >= 4 is 32.2 Å². The Labute approximate surface area is 198 Å². The minimum Gasteiger partial charge on any atom is -0.284 e. The van der Waals surface area contributed by atoms with Crippen LogP contribution in [0.3, 0.4) is 0 Å². The van der Waals surface area contributed by atoms with E-state index in [1.54, 1.807) is 29.2 Å². The van der Waals surface area contributed by atoms with E-state index in [0.717, 1.165) is 16.8 Å². The quantitative estimate of drug-likeness (QED) is 0.349. The van der Waals surface area contributed by atoms with Crippen LogP contribution >= 0.6 is 11.3 Å². The van der Waals surface area contributed by atoms with Crippen molar-refractivity contribution in [2.24, 2.45) is 0 Å². The van der Waals surface area contributed by atoms with Gasteiger partial charge in [0, 0.05) is 29.3 Å². The molecule has 33 heavy (non-hydrogen) atoms. The molecule has 0 radical (unpaired) electrons. The first-order valence-electron chi connectivity index (χ1n) is 10.5. The van der Waals surface area contributed by atoms with Crippen molar-refractivity contribution in [2.45, 2.75) is 12.2 Å². The molecule has 1 aromatic heterocycles. The number of anilines is 1. The molecule has 4 aromatic rings. The van der Waals surface area contributed by atoms with E-state index in [1.807, 2.05) is 66.0 Å². The lowest BCUT2D eigenvalue weighted by molar-refractivity contribution is 0.0987. The fourth-order valence-corrected chi connectivity index (χ4v) is 5.16. The molecule has 0 fully saturated rings. The third kappa shape index (κ3) is 6.15. The Hall–Kier alpha value is -3.29. The normalized spacial score (nSPS) is 11.3. The van der Waals surface area contributed by atoms with E-state index in [2.05, 4.69) is 0 Å². The van der Waals surface area contributed by atoms with Crippen molar-refractivity contribution in [1.82, 2.24) is 4.98 Å². The summed E-state index contributed by atoms with van der Waals surface area (Å²) >= 11 is 1.44. The van der Waals surface area contributed by atoms with E-state index in [1.165, 1.54) is 17.6 Å². The first kappa shape index (κ1) is 22.9. The maximum absolute atomic E-state index is 13.5. The number of carbonyl (C=O) groups excluding carboxylic acids is 1. The molecule has 0 atom stereocenters. The lowest BCUT2D eigenvalue weighted by atomic mass is 10.1. The summed E-state index contributed by atoms with van der Waals surface area (Å²) in [6.07, 6.45) is 1.89. The molecule has 0 aliphatic rings. The van der Waals surface area contributed by atoms with Crippen LogP contribution in [0.5, 0.6) is 0 Å². The largest absolute Gasteiger partial charge is 0.284 e. The summed E-state index contributed by atoms with van der Waals surface area (Å²) in [4.78, 5) is 19.9. The number of aromatic nitrogens is 1.